The predicted octanol–water partition coefficient (Wildman–Crippen LogP) is 5.41. The van der Waals surface area contributed by atoms with Crippen LogP contribution in [-0.2, 0) is 4.74 Å². The zero-order chi connectivity index (χ0) is 19.1. The van der Waals surface area contributed by atoms with E-state index in [4.69, 9.17) is 9.47 Å². The molecule has 0 unspecified atom stereocenters. The van der Waals surface area contributed by atoms with Crippen LogP contribution >= 0.6 is 0 Å². The standard InChI is InChI=1S/C12H16O2.C11H12O2/c1-13-9-14-12-8-3-2-7-11(12)10-5-4-6-10;12-7-9-5-2-6-10(11(9)13)8-3-1-4-8/h2-3,7-8,10H,4-6,9H2,1H3;2,5-8,13H,1,3-4H2. The fraction of sp³-hybridized carbons (Fsp3) is 0.435. The Morgan fingerprint density at radius 2 is 1.59 bits per heavy atom. The van der Waals surface area contributed by atoms with Crippen molar-refractivity contribution >= 4 is 6.29 Å². The van der Waals surface area contributed by atoms with Crippen LogP contribution in [0.5, 0.6) is 11.5 Å². The van der Waals surface area contributed by atoms with Crippen molar-refractivity contribution in [2.45, 2.75) is 50.4 Å². The lowest BCUT2D eigenvalue weighted by Gasteiger charge is -2.27. The molecule has 0 bridgehead atoms. The van der Waals surface area contributed by atoms with Crippen molar-refractivity contribution in [3.05, 3.63) is 59.2 Å². The Morgan fingerprint density at radius 1 is 0.963 bits per heavy atom. The fourth-order valence-corrected chi connectivity index (χ4v) is 3.51. The van der Waals surface area contributed by atoms with Crippen LogP contribution in [0, 0.1) is 0 Å². The molecule has 0 aromatic heterocycles. The van der Waals surface area contributed by atoms with Gasteiger partial charge in [0.05, 0.1) is 5.56 Å². The fourth-order valence-electron chi connectivity index (χ4n) is 3.51. The van der Waals surface area contributed by atoms with Crippen LogP contribution in [0.3, 0.4) is 0 Å². The van der Waals surface area contributed by atoms with E-state index in [9.17, 15) is 9.90 Å². The molecule has 2 aromatic rings. The average Bonchev–Trinajstić information content (AvgIpc) is 2.60. The Balaban J connectivity index is 0.000000156. The minimum absolute atomic E-state index is 0.183. The Morgan fingerprint density at radius 3 is 2.19 bits per heavy atom. The maximum atomic E-state index is 10.5. The largest absolute Gasteiger partial charge is 0.507 e. The molecule has 4 heteroatoms. The summed E-state index contributed by atoms with van der Waals surface area (Å²) in [6, 6.07) is 13.6. The third-order valence-corrected chi connectivity index (χ3v) is 5.57. The summed E-state index contributed by atoms with van der Waals surface area (Å²) in [6.45, 7) is 0.337. The van der Waals surface area contributed by atoms with E-state index < -0.39 is 0 Å². The van der Waals surface area contributed by atoms with Crippen LogP contribution in [0.2, 0.25) is 0 Å². The highest BCUT2D eigenvalue weighted by atomic mass is 16.7. The number of ether oxygens (including phenoxy) is 2. The molecular weight excluding hydrogens is 340 g/mol. The number of hydrogen-bond acceptors (Lipinski definition) is 4. The van der Waals surface area contributed by atoms with Gasteiger partial charge in [0.1, 0.15) is 11.5 Å². The Labute approximate surface area is 161 Å². The molecule has 1 N–H and O–H groups in total. The number of carbonyl (C=O) groups is 1. The first kappa shape index (κ1) is 19.4. The van der Waals surface area contributed by atoms with Crippen LogP contribution in [-0.4, -0.2) is 25.3 Å². The molecule has 4 nitrogen and oxygen atoms in total. The number of aromatic hydroxyl groups is 1. The highest BCUT2D eigenvalue weighted by molar-refractivity contribution is 5.80. The smallest absolute Gasteiger partial charge is 0.188 e. The number of rotatable bonds is 6. The minimum atomic E-state index is 0.183. The van der Waals surface area contributed by atoms with Gasteiger partial charge in [-0.1, -0.05) is 43.2 Å². The molecule has 2 fully saturated rings. The summed E-state index contributed by atoms with van der Waals surface area (Å²) in [5.74, 6) is 2.35. The molecule has 144 valence electrons. The summed E-state index contributed by atoms with van der Waals surface area (Å²) in [7, 11) is 1.64. The lowest BCUT2D eigenvalue weighted by atomic mass is 9.79. The second-order valence-corrected chi connectivity index (χ2v) is 7.25. The van der Waals surface area contributed by atoms with Crippen molar-refractivity contribution in [2.75, 3.05) is 13.9 Å². The zero-order valence-corrected chi connectivity index (χ0v) is 15.9. The number of aldehydes is 1. The summed E-state index contributed by atoms with van der Waals surface area (Å²) >= 11 is 0. The summed E-state index contributed by atoms with van der Waals surface area (Å²) in [6.07, 6.45) is 8.16. The van der Waals surface area contributed by atoms with Crippen molar-refractivity contribution < 1.29 is 19.4 Å². The number of methoxy groups -OCH3 is 1. The van der Waals surface area contributed by atoms with Gasteiger partial charge < -0.3 is 14.6 Å². The monoisotopic (exact) mass is 368 g/mol. The number of phenolic OH excluding ortho intramolecular Hbond substituents is 1. The maximum Gasteiger partial charge on any atom is 0.188 e. The van der Waals surface area contributed by atoms with Gasteiger partial charge in [0.15, 0.2) is 13.1 Å². The third-order valence-electron chi connectivity index (χ3n) is 5.57. The Bertz CT molecular complexity index is 748. The first-order chi connectivity index (χ1) is 13.2. The summed E-state index contributed by atoms with van der Waals surface area (Å²) < 4.78 is 10.4. The van der Waals surface area contributed by atoms with Crippen molar-refractivity contribution in [3.63, 3.8) is 0 Å². The molecule has 0 spiro atoms. The first-order valence-electron chi connectivity index (χ1n) is 9.72. The predicted molar refractivity (Wildman–Crippen MR) is 106 cm³/mol. The van der Waals surface area contributed by atoms with Crippen molar-refractivity contribution in [2.24, 2.45) is 0 Å². The molecule has 27 heavy (non-hydrogen) atoms. The molecule has 0 saturated heterocycles. The second-order valence-electron chi connectivity index (χ2n) is 7.25. The molecular formula is C23H28O4. The summed E-state index contributed by atoms with van der Waals surface area (Å²) in [5.41, 5.74) is 2.69. The lowest BCUT2D eigenvalue weighted by molar-refractivity contribution is 0.0498. The van der Waals surface area contributed by atoms with E-state index in [1.165, 1.54) is 31.2 Å². The van der Waals surface area contributed by atoms with Gasteiger partial charge in [-0.25, -0.2) is 0 Å². The third kappa shape index (κ3) is 4.69. The molecule has 2 aliphatic rings. The van der Waals surface area contributed by atoms with Crippen LogP contribution in [0.1, 0.15) is 71.8 Å². The molecule has 2 aromatic carbocycles. The maximum absolute atomic E-state index is 10.5. The topological polar surface area (TPSA) is 55.8 Å². The van der Waals surface area contributed by atoms with E-state index in [0.717, 1.165) is 24.2 Å². The van der Waals surface area contributed by atoms with Crippen molar-refractivity contribution in [1.29, 1.82) is 0 Å². The van der Waals surface area contributed by atoms with Gasteiger partial charge in [0.25, 0.3) is 0 Å². The first-order valence-corrected chi connectivity index (χ1v) is 9.72. The van der Waals surface area contributed by atoms with Gasteiger partial charge in [-0.2, -0.15) is 0 Å². The van der Waals surface area contributed by atoms with E-state index in [1.54, 1.807) is 13.2 Å². The van der Waals surface area contributed by atoms with Gasteiger partial charge in [-0.05, 0) is 60.8 Å². The number of para-hydroxylation sites is 2. The molecule has 4 rings (SSSR count). The highest BCUT2D eigenvalue weighted by Crippen LogP contribution is 2.41. The summed E-state index contributed by atoms with van der Waals surface area (Å²) in [5, 5.41) is 9.69. The van der Waals surface area contributed by atoms with Crippen LogP contribution in [0.4, 0.5) is 0 Å². The zero-order valence-electron chi connectivity index (χ0n) is 15.9. The van der Waals surface area contributed by atoms with E-state index in [0.29, 0.717) is 30.5 Å². The van der Waals surface area contributed by atoms with Crippen molar-refractivity contribution in [1.82, 2.24) is 0 Å². The molecule has 2 aliphatic carbocycles. The van der Waals surface area contributed by atoms with Gasteiger partial charge >= 0.3 is 0 Å². The molecule has 0 heterocycles. The molecule has 0 amide bonds. The van der Waals surface area contributed by atoms with Gasteiger partial charge in [0.2, 0.25) is 0 Å². The molecule has 0 radical (unpaired) electrons. The van der Waals surface area contributed by atoms with E-state index in [2.05, 4.69) is 12.1 Å². The Hall–Kier alpha value is -2.33. The normalized spacial score (nSPS) is 16.5. The van der Waals surface area contributed by atoms with Crippen molar-refractivity contribution in [3.8, 4) is 11.5 Å². The number of carbonyl (C=O) groups excluding carboxylic acids is 1. The lowest BCUT2D eigenvalue weighted by Crippen LogP contribution is -2.11. The second kappa shape index (κ2) is 9.56. The number of benzene rings is 2. The van der Waals surface area contributed by atoms with Crippen LogP contribution < -0.4 is 4.74 Å². The van der Waals surface area contributed by atoms with Gasteiger partial charge in [-0.3, -0.25) is 4.79 Å². The van der Waals surface area contributed by atoms with Gasteiger partial charge in [0, 0.05) is 7.11 Å². The molecule has 2 saturated carbocycles. The number of hydrogen-bond donors (Lipinski definition) is 1. The van der Waals surface area contributed by atoms with Crippen LogP contribution in [0.25, 0.3) is 0 Å². The van der Waals surface area contributed by atoms with E-state index in [1.807, 2.05) is 24.3 Å². The summed E-state index contributed by atoms with van der Waals surface area (Å²) in [4.78, 5) is 10.5. The highest BCUT2D eigenvalue weighted by Gasteiger charge is 2.23. The average molecular weight is 368 g/mol. The van der Waals surface area contributed by atoms with E-state index in [-0.39, 0.29) is 5.75 Å². The quantitative estimate of drug-likeness (QED) is 0.547. The van der Waals surface area contributed by atoms with Crippen LogP contribution in [0.15, 0.2) is 42.5 Å². The number of phenols is 1. The molecule has 0 atom stereocenters. The minimum Gasteiger partial charge on any atom is -0.507 e. The Kier molecular flexibility index (Phi) is 6.88. The SMILES string of the molecule is COCOc1ccccc1C1CCC1.O=Cc1cccc(C2CCC2)c1O. The van der Waals surface area contributed by atoms with Gasteiger partial charge in [-0.15, -0.1) is 0 Å². The molecule has 0 aliphatic heterocycles. The van der Waals surface area contributed by atoms with E-state index >= 15 is 0 Å².